The predicted octanol–water partition coefficient (Wildman–Crippen LogP) is 3.62. The Morgan fingerprint density at radius 3 is 2.90 bits per heavy atom. The molecule has 0 N–H and O–H groups in total. The second-order valence-corrected chi connectivity index (χ2v) is 7.17. The highest BCUT2D eigenvalue weighted by Gasteiger charge is 2.34. The third-order valence-corrected chi connectivity index (χ3v) is 5.97. The Labute approximate surface area is 126 Å². The van der Waals surface area contributed by atoms with Crippen molar-refractivity contribution in [3.8, 4) is 0 Å². The monoisotopic (exact) mass is 291 g/mol. The first-order chi connectivity index (χ1) is 9.79. The minimum atomic E-state index is 0.689. The maximum Gasteiger partial charge on any atom is 0.0589 e. The van der Waals surface area contributed by atoms with Gasteiger partial charge in [0.2, 0.25) is 0 Å². The summed E-state index contributed by atoms with van der Waals surface area (Å²) < 4.78 is 5.31. The molecule has 0 aromatic heterocycles. The normalized spacial score (nSPS) is 23.1. The molecule has 3 heteroatoms. The van der Waals surface area contributed by atoms with Crippen molar-refractivity contribution in [2.75, 3.05) is 32.6 Å². The van der Waals surface area contributed by atoms with E-state index in [1.54, 1.807) is 12.7 Å². The van der Waals surface area contributed by atoms with E-state index >= 15 is 0 Å². The van der Waals surface area contributed by atoms with Gasteiger partial charge in [0.1, 0.15) is 0 Å². The SMILES string of the molecule is COCCN(CC1CSc2ccccc21)C(C)C1CC1. The molecule has 1 saturated carbocycles. The zero-order valence-electron chi connectivity index (χ0n) is 12.5. The highest BCUT2D eigenvalue weighted by molar-refractivity contribution is 7.99. The number of methoxy groups -OCH3 is 1. The topological polar surface area (TPSA) is 12.5 Å². The van der Waals surface area contributed by atoms with Crippen LogP contribution in [-0.4, -0.2) is 43.5 Å². The summed E-state index contributed by atoms with van der Waals surface area (Å²) in [4.78, 5) is 4.15. The quantitative estimate of drug-likeness (QED) is 0.761. The van der Waals surface area contributed by atoms with Crippen LogP contribution in [0, 0.1) is 5.92 Å². The van der Waals surface area contributed by atoms with Crippen LogP contribution < -0.4 is 0 Å². The van der Waals surface area contributed by atoms with Crippen LogP contribution in [0.25, 0.3) is 0 Å². The second kappa shape index (κ2) is 6.50. The molecule has 0 saturated heterocycles. The standard InChI is InChI=1S/C17H25NOS/c1-13(14-7-8-14)18(9-10-19-2)11-15-12-20-17-6-4-3-5-16(15)17/h3-6,13-15H,7-12H2,1-2H3. The molecule has 1 aliphatic heterocycles. The fourth-order valence-corrected chi connectivity index (χ4v) is 4.45. The molecule has 1 heterocycles. The molecule has 0 amide bonds. The number of hydrogen-bond acceptors (Lipinski definition) is 3. The Hall–Kier alpha value is -0.510. The van der Waals surface area contributed by atoms with Gasteiger partial charge in [-0.05, 0) is 37.3 Å². The largest absolute Gasteiger partial charge is 0.383 e. The van der Waals surface area contributed by atoms with E-state index in [1.165, 1.54) is 30.0 Å². The van der Waals surface area contributed by atoms with Gasteiger partial charge < -0.3 is 4.74 Å². The Morgan fingerprint density at radius 1 is 1.35 bits per heavy atom. The molecule has 0 radical (unpaired) electrons. The van der Waals surface area contributed by atoms with Crippen molar-refractivity contribution in [1.29, 1.82) is 0 Å². The molecule has 2 atom stereocenters. The number of hydrogen-bond donors (Lipinski definition) is 0. The van der Waals surface area contributed by atoms with Crippen LogP contribution in [0.2, 0.25) is 0 Å². The van der Waals surface area contributed by atoms with Crippen LogP contribution in [0.4, 0.5) is 0 Å². The van der Waals surface area contributed by atoms with E-state index in [0.717, 1.165) is 19.1 Å². The zero-order chi connectivity index (χ0) is 13.9. The molecule has 1 aromatic carbocycles. The number of benzene rings is 1. The maximum atomic E-state index is 5.31. The van der Waals surface area contributed by atoms with Gasteiger partial charge in [0.15, 0.2) is 0 Å². The first kappa shape index (κ1) is 14.4. The summed E-state index contributed by atoms with van der Waals surface area (Å²) in [5.74, 6) is 2.85. The Balaban J connectivity index is 1.66. The molecule has 1 aromatic rings. The summed E-state index contributed by atoms with van der Waals surface area (Å²) in [7, 11) is 1.81. The second-order valence-electron chi connectivity index (χ2n) is 6.11. The smallest absolute Gasteiger partial charge is 0.0589 e. The van der Waals surface area contributed by atoms with E-state index in [2.05, 4.69) is 36.1 Å². The van der Waals surface area contributed by atoms with E-state index < -0.39 is 0 Å². The average molecular weight is 291 g/mol. The van der Waals surface area contributed by atoms with Gasteiger partial charge in [0.05, 0.1) is 6.61 Å². The van der Waals surface area contributed by atoms with Gasteiger partial charge >= 0.3 is 0 Å². The molecule has 2 nitrogen and oxygen atoms in total. The summed E-state index contributed by atoms with van der Waals surface area (Å²) >= 11 is 2.02. The van der Waals surface area contributed by atoms with Crippen molar-refractivity contribution in [3.05, 3.63) is 29.8 Å². The van der Waals surface area contributed by atoms with Gasteiger partial charge in [-0.15, -0.1) is 11.8 Å². The lowest BCUT2D eigenvalue weighted by atomic mass is 9.99. The molecule has 2 unspecified atom stereocenters. The Bertz CT molecular complexity index is 446. The number of ether oxygens (including phenoxy) is 1. The fourth-order valence-electron chi connectivity index (χ4n) is 3.21. The lowest BCUT2D eigenvalue weighted by Crippen LogP contribution is -2.40. The molecule has 110 valence electrons. The van der Waals surface area contributed by atoms with Crippen molar-refractivity contribution in [2.24, 2.45) is 5.92 Å². The number of fused-ring (bicyclic) bond motifs is 1. The minimum absolute atomic E-state index is 0.689. The van der Waals surface area contributed by atoms with Gasteiger partial charge in [-0.1, -0.05) is 18.2 Å². The third-order valence-electron chi connectivity index (χ3n) is 4.72. The molecule has 1 aliphatic carbocycles. The van der Waals surface area contributed by atoms with Crippen molar-refractivity contribution >= 4 is 11.8 Å². The van der Waals surface area contributed by atoms with Crippen LogP contribution in [0.1, 0.15) is 31.2 Å². The van der Waals surface area contributed by atoms with Crippen molar-refractivity contribution in [3.63, 3.8) is 0 Å². The van der Waals surface area contributed by atoms with Crippen molar-refractivity contribution in [1.82, 2.24) is 4.90 Å². The van der Waals surface area contributed by atoms with E-state index in [-0.39, 0.29) is 0 Å². The first-order valence-electron chi connectivity index (χ1n) is 7.74. The molecule has 1 fully saturated rings. The highest BCUT2D eigenvalue weighted by Crippen LogP contribution is 2.41. The zero-order valence-corrected chi connectivity index (χ0v) is 13.4. The van der Waals surface area contributed by atoms with Gasteiger partial charge in [0, 0.05) is 42.8 Å². The summed E-state index contributed by atoms with van der Waals surface area (Å²) in [5.41, 5.74) is 1.56. The third kappa shape index (κ3) is 3.21. The average Bonchev–Trinajstić information content (AvgIpc) is 3.25. The van der Waals surface area contributed by atoms with Gasteiger partial charge in [-0.25, -0.2) is 0 Å². The Morgan fingerprint density at radius 2 is 2.15 bits per heavy atom. The van der Waals surface area contributed by atoms with Crippen LogP contribution in [-0.2, 0) is 4.74 Å². The number of nitrogens with zero attached hydrogens (tertiary/aromatic N) is 1. The summed E-state index contributed by atoms with van der Waals surface area (Å²) in [6, 6.07) is 9.63. The highest BCUT2D eigenvalue weighted by atomic mass is 32.2. The van der Waals surface area contributed by atoms with E-state index in [9.17, 15) is 0 Å². The van der Waals surface area contributed by atoms with E-state index in [1.807, 2.05) is 11.8 Å². The molecule has 2 aliphatic rings. The van der Waals surface area contributed by atoms with Gasteiger partial charge in [0.25, 0.3) is 0 Å². The van der Waals surface area contributed by atoms with Gasteiger partial charge in [-0.3, -0.25) is 4.90 Å². The summed E-state index contributed by atoms with van der Waals surface area (Å²) in [6.45, 7) is 5.50. The van der Waals surface area contributed by atoms with E-state index in [0.29, 0.717) is 12.0 Å². The molecular formula is C17H25NOS. The first-order valence-corrected chi connectivity index (χ1v) is 8.73. The Kier molecular flexibility index (Phi) is 4.69. The van der Waals surface area contributed by atoms with Crippen LogP contribution >= 0.6 is 11.8 Å². The molecule has 20 heavy (non-hydrogen) atoms. The van der Waals surface area contributed by atoms with Crippen LogP contribution in [0.15, 0.2) is 29.2 Å². The summed E-state index contributed by atoms with van der Waals surface area (Å²) in [6.07, 6.45) is 2.83. The number of rotatable bonds is 7. The van der Waals surface area contributed by atoms with Crippen LogP contribution in [0.3, 0.4) is 0 Å². The fraction of sp³-hybridized carbons (Fsp3) is 0.647. The lowest BCUT2D eigenvalue weighted by Gasteiger charge is -2.31. The molecule has 0 bridgehead atoms. The van der Waals surface area contributed by atoms with E-state index in [4.69, 9.17) is 4.74 Å². The van der Waals surface area contributed by atoms with Crippen molar-refractivity contribution in [2.45, 2.75) is 36.6 Å². The number of thioether (sulfide) groups is 1. The molecule has 0 spiro atoms. The van der Waals surface area contributed by atoms with Crippen molar-refractivity contribution < 1.29 is 4.74 Å². The lowest BCUT2D eigenvalue weighted by molar-refractivity contribution is 0.113. The maximum absolute atomic E-state index is 5.31. The predicted molar refractivity (Wildman–Crippen MR) is 85.5 cm³/mol. The van der Waals surface area contributed by atoms with Gasteiger partial charge in [-0.2, -0.15) is 0 Å². The molecule has 3 rings (SSSR count). The minimum Gasteiger partial charge on any atom is -0.383 e. The van der Waals surface area contributed by atoms with Crippen LogP contribution in [0.5, 0.6) is 0 Å². The molecular weight excluding hydrogens is 266 g/mol. The summed E-state index contributed by atoms with van der Waals surface area (Å²) in [5, 5.41) is 0.